The first-order chi connectivity index (χ1) is 11.7. The molecule has 1 heterocycles. The number of methoxy groups -OCH3 is 2. The minimum atomic E-state index is -0.243. The number of carbonyl (C=O) groups excluding carboxylic acids is 1. The maximum atomic E-state index is 12.2. The van der Waals surface area contributed by atoms with Gasteiger partial charge in [-0.2, -0.15) is 0 Å². The molecule has 0 unspecified atom stereocenters. The van der Waals surface area contributed by atoms with Crippen LogP contribution in [-0.2, 0) is 6.54 Å². The first-order valence-corrected chi connectivity index (χ1v) is 7.48. The second-order valence-corrected chi connectivity index (χ2v) is 4.97. The molecule has 1 aromatic heterocycles. The fourth-order valence-electron chi connectivity index (χ4n) is 2.12. The van der Waals surface area contributed by atoms with E-state index in [2.05, 4.69) is 22.2 Å². The zero-order valence-corrected chi connectivity index (χ0v) is 13.8. The second-order valence-electron chi connectivity index (χ2n) is 4.97. The molecule has 6 heteroatoms. The number of aromatic nitrogens is 1. The first-order valence-electron chi connectivity index (χ1n) is 7.48. The van der Waals surface area contributed by atoms with Crippen LogP contribution in [0.15, 0.2) is 49.2 Å². The summed E-state index contributed by atoms with van der Waals surface area (Å²) in [7, 11) is 3.16. The van der Waals surface area contributed by atoms with E-state index in [1.807, 2.05) is 12.1 Å². The third-order valence-electron chi connectivity index (χ3n) is 3.34. The summed E-state index contributed by atoms with van der Waals surface area (Å²) < 4.78 is 10.5. The van der Waals surface area contributed by atoms with Crippen LogP contribution >= 0.6 is 0 Å². The summed E-state index contributed by atoms with van der Waals surface area (Å²) in [5.41, 5.74) is 2.08. The molecular weight excluding hydrogens is 306 g/mol. The van der Waals surface area contributed by atoms with Gasteiger partial charge in [0.15, 0.2) is 11.5 Å². The molecule has 0 saturated heterocycles. The summed E-state index contributed by atoms with van der Waals surface area (Å²) in [6.07, 6.45) is 3.34. The number of ether oxygens (including phenoxy) is 2. The fraction of sp³-hybridized carbons (Fsp3) is 0.222. The number of nitrogens with zero attached hydrogens (tertiary/aromatic N) is 1. The Morgan fingerprint density at radius 1 is 1.21 bits per heavy atom. The second kappa shape index (κ2) is 8.57. The summed E-state index contributed by atoms with van der Waals surface area (Å²) >= 11 is 0. The maximum absolute atomic E-state index is 12.2. The van der Waals surface area contributed by atoms with Crippen LogP contribution in [0.5, 0.6) is 11.5 Å². The van der Waals surface area contributed by atoms with Crippen LogP contribution in [0.2, 0.25) is 0 Å². The molecule has 2 rings (SSSR count). The van der Waals surface area contributed by atoms with Crippen LogP contribution in [0, 0.1) is 0 Å². The minimum absolute atomic E-state index is 0.243. The predicted molar refractivity (Wildman–Crippen MR) is 93.6 cm³/mol. The lowest BCUT2D eigenvalue weighted by Gasteiger charge is -2.10. The Balaban J connectivity index is 2.01. The quantitative estimate of drug-likeness (QED) is 0.729. The largest absolute Gasteiger partial charge is 0.493 e. The highest BCUT2D eigenvalue weighted by Gasteiger charge is 2.09. The van der Waals surface area contributed by atoms with Crippen molar-refractivity contribution in [2.24, 2.45) is 0 Å². The zero-order chi connectivity index (χ0) is 17.4. The number of carbonyl (C=O) groups is 1. The topological polar surface area (TPSA) is 72.5 Å². The van der Waals surface area contributed by atoms with Gasteiger partial charge in [0.25, 0.3) is 5.91 Å². The normalized spacial score (nSPS) is 9.92. The summed E-state index contributed by atoms with van der Waals surface area (Å²) in [5, 5.41) is 5.96. The number of amides is 1. The fourth-order valence-corrected chi connectivity index (χ4v) is 2.12. The molecule has 0 aliphatic carbocycles. The lowest BCUT2D eigenvalue weighted by atomic mass is 10.2. The summed E-state index contributed by atoms with van der Waals surface area (Å²) in [6, 6.07) is 9.01. The highest BCUT2D eigenvalue weighted by atomic mass is 16.5. The Bertz CT molecular complexity index is 716. The predicted octanol–water partition coefficient (Wildman–Crippen LogP) is 2.63. The average molecular weight is 327 g/mol. The molecule has 6 nitrogen and oxygen atoms in total. The Hall–Kier alpha value is -3.02. The number of nitrogens with one attached hydrogen (secondary N) is 2. The molecule has 0 fully saturated rings. The number of pyridine rings is 1. The highest BCUT2D eigenvalue weighted by Crippen LogP contribution is 2.27. The first kappa shape index (κ1) is 17.3. The lowest BCUT2D eigenvalue weighted by Crippen LogP contribution is -2.24. The number of hydrogen-bond donors (Lipinski definition) is 2. The van der Waals surface area contributed by atoms with Crippen molar-refractivity contribution in [1.29, 1.82) is 0 Å². The molecule has 0 radical (unpaired) electrons. The zero-order valence-electron chi connectivity index (χ0n) is 13.8. The van der Waals surface area contributed by atoms with E-state index < -0.39 is 0 Å². The van der Waals surface area contributed by atoms with Gasteiger partial charge in [0.2, 0.25) is 0 Å². The standard InChI is InChI=1S/C18H21N3O3/c1-4-8-19-14-7-9-20-15(11-14)18(22)21-12-13-5-6-16(23-2)17(10-13)24-3/h4-7,9-11H,1,8,12H2,2-3H3,(H,19,20)(H,21,22). The van der Waals surface area contributed by atoms with Crippen molar-refractivity contribution in [3.8, 4) is 11.5 Å². The van der Waals surface area contributed by atoms with Crippen molar-refractivity contribution in [2.75, 3.05) is 26.1 Å². The van der Waals surface area contributed by atoms with Crippen molar-refractivity contribution in [2.45, 2.75) is 6.54 Å². The van der Waals surface area contributed by atoms with Gasteiger partial charge < -0.3 is 20.1 Å². The molecule has 0 atom stereocenters. The molecule has 0 saturated carbocycles. The van der Waals surface area contributed by atoms with Crippen LogP contribution in [0.25, 0.3) is 0 Å². The SMILES string of the molecule is C=CCNc1ccnc(C(=O)NCc2ccc(OC)c(OC)c2)c1. The molecular formula is C18H21N3O3. The van der Waals surface area contributed by atoms with E-state index in [0.29, 0.717) is 30.3 Å². The average Bonchev–Trinajstić information content (AvgIpc) is 2.64. The highest BCUT2D eigenvalue weighted by molar-refractivity contribution is 5.93. The number of hydrogen-bond acceptors (Lipinski definition) is 5. The van der Waals surface area contributed by atoms with Gasteiger partial charge in [-0.3, -0.25) is 9.78 Å². The Labute approximate surface area is 141 Å². The van der Waals surface area contributed by atoms with Gasteiger partial charge in [-0.1, -0.05) is 12.1 Å². The van der Waals surface area contributed by atoms with E-state index in [0.717, 1.165) is 11.3 Å². The number of rotatable bonds is 8. The molecule has 2 aromatic rings. The Kier molecular flexibility index (Phi) is 6.19. The van der Waals surface area contributed by atoms with E-state index in [-0.39, 0.29) is 5.91 Å². The Morgan fingerprint density at radius 2 is 2.00 bits per heavy atom. The third kappa shape index (κ3) is 4.49. The monoisotopic (exact) mass is 327 g/mol. The van der Waals surface area contributed by atoms with Crippen molar-refractivity contribution >= 4 is 11.6 Å². The van der Waals surface area contributed by atoms with Gasteiger partial charge in [-0.15, -0.1) is 6.58 Å². The van der Waals surface area contributed by atoms with E-state index in [9.17, 15) is 4.79 Å². The number of anilines is 1. The molecule has 24 heavy (non-hydrogen) atoms. The van der Waals surface area contributed by atoms with E-state index in [1.165, 1.54) is 0 Å². The number of benzene rings is 1. The molecule has 1 amide bonds. The van der Waals surface area contributed by atoms with Gasteiger partial charge in [0, 0.05) is 25.0 Å². The smallest absolute Gasteiger partial charge is 0.270 e. The van der Waals surface area contributed by atoms with Gasteiger partial charge in [0.1, 0.15) is 5.69 Å². The molecule has 1 aromatic carbocycles. The van der Waals surface area contributed by atoms with Gasteiger partial charge in [0.05, 0.1) is 14.2 Å². The van der Waals surface area contributed by atoms with Crippen molar-refractivity contribution in [1.82, 2.24) is 10.3 Å². The van der Waals surface area contributed by atoms with Gasteiger partial charge in [-0.25, -0.2) is 0 Å². The van der Waals surface area contributed by atoms with E-state index in [4.69, 9.17) is 9.47 Å². The van der Waals surface area contributed by atoms with Gasteiger partial charge in [-0.05, 0) is 29.8 Å². The van der Waals surface area contributed by atoms with Crippen LogP contribution in [0.4, 0.5) is 5.69 Å². The molecule has 2 N–H and O–H groups in total. The van der Waals surface area contributed by atoms with Crippen LogP contribution in [0.3, 0.4) is 0 Å². The molecule has 126 valence electrons. The van der Waals surface area contributed by atoms with Crippen molar-refractivity contribution in [3.05, 3.63) is 60.4 Å². The van der Waals surface area contributed by atoms with E-state index >= 15 is 0 Å². The minimum Gasteiger partial charge on any atom is -0.493 e. The molecule has 0 aliphatic heterocycles. The summed E-state index contributed by atoms with van der Waals surface area (Å²) in [4.78, 5) is 16.3. The third-order valence-corrected chi connectivity index (χ3v) is 3.34. The van der Waals surface area contributed by atoms with Crippen LogP contribution in [0.1, 0.15) is 16.1 Å². The summed E-state index contributed by atoms with van der Waals surface area (Å²) in [5.74, 6) is 1.03. The van der Waals surface area contributed by atoms with Crippen LogP contribution in [-0.4, -0.2) is 31.7 Å². The van der Waals surface area contributed by atoms with Crippen molar-refractivity contribution in [3.63, 3.8) is 0 Å². The maximum Gasteiger partial charge on any atom is 0.270 e. The molecule has 0 aliphatic rings. The summed E-state index contributed by atoms with van der Waals surface area (Å²) in [6.45, 7) is 4.63. The van der Waals surface area contributed by atoms with Gasteiger partial charge >= 0.3 is 0 Å². The lowest BCUT2D eigenvalue weighted by molar-refractivity contribution is 0.0946. The molecule has 0 spiro atoms. The molecule has 0 bridgehead atoms. The van der Waals surface area contributed by atoms with Crippen molar-refractivity contribution < 1.29 is 14.3 Å². The van der Waals surface area contributed by atoms with E-state index in [1.54, 1.807) is 44.7 Å². The van der Waals surface area contributed by atoms with Crippen LogP contribution < -0.4 is 20.1 Å². The Morgan fingerprint density at radius 3 is 2.71 bits per heavy atom.